The normalized spacial score (nSPS) is 22.5. The van der Waals surface area contributed by atoms with Crippen LogP contribution in [0, 0.1) is 5.92 Å². The van der Waals surface area contributed by atoms with Crippen LogP contribution in [0.5, 0.6) is 0 Å². The van der Waals surface area contributed by atoms with E-state index in [1.54, 1.807) is 0 Å². The lowest BCUT2D eigenvalue weighted by atomic mass is 9.75. The van der Waals surface area contributed by atoms with Crippen molar-refractivity contribution in [3.8, 4) is 0 Å². The second-order valence-corrected chi connectivity index (χ2v) is 8.84. The fraction of sp³-hybridized carbons (Fsp3) is 0.154. The predicted octanol–water partition coefficient (Wildman–Crippen LogP) is 8.13. The summed E-state index contributed by atoms with van der Waals surface area (Å²) >= 11 is 13.3. The highest BCUT2D eigenvalue weighted by atomic mass is 35.5. The van der Waals surface area contributed by atoms with E-state index in [2.05, 4.69) is 72.1 Å². The average molecular weight is 416 g/mol. The van der Waals surface area contributed by atoms with Crippen LogP contribution in [-0.4, -0.2) is 0 Å². The lowest BCUT2D eigenvalue weighted by molar-refractivity contribution is 0.429. The van der Waals surface area contributed by atoms with Crippen LogP contribution in [0.4, 0.5) is 5.69 Å². The van der Waals surface area contributed by atoms with E-state index in [1.165, 1.54) is 27.1 Å². The first-order valence-electron chi connectivity index (χ1n) is 10.0. The second-order valence-electron chi connectivity index (χ2n) is 8.03. The fourth-order valence-corrected chi connectivity index (χ4v) is 5.80. The van der Waals surface area contributed by atoms with Crippen molar-refractivity contribution in [2.75, 3.05) is 5.32 Å². The van der Waals surface area contributed by atoms with Gasteiger partial charge in [-0.3, -0.25) is 0 Å². The minimum atomic E-state index is 0.162. The summed E-state index contributed by atoms with van der Waals surface area (Å²) in [5, 5.41) is 10.5. The molecule has 1 aliphatic heterocycles. The van der Waals surface area contributed by atoms with Gasteiger partial charge in [-0.15, -0.1) is 0 Å². The Morgan fingerprint density at radius 1 is 0.759 bits per heavy atom. The van der Waals surface area contributed by atoms with Gasteiger partial charge in [0.05, 0.1) is 16.8 Å². The summed E-state index contributed by atoms with van der Waals surface area (Å²) < 4.78 is 0. The van der Waals surface area contributed by atoms with Gasteiger partial charge in [0.1, 0.15) is 0 Å². The van der Waals surface area contributed by atoms with Crippen molar-refractivity contribution in [2.24, 2.45) is 5.92 Å². The Morgan fingerprint density at radius 3 is 2.14 bits per heavy atom. The third-order valence-corrected chi connectivity index (χ3v) is 7.18. The van der Waals surface area contributed by atoms with Gasteiger partial charge in [0.15, 0.2) is 0 Å². The van der Waals surface area contributed by atoms with Crippen molar-refractivity contribution in [1.82, 2.24) is 0 Å². The maximum absolute atomic E-state index is 6.65. The number of fused-ring (bicyclic) bond motifs is 5. The largest absolute Gasteiger partial charge is 0.376 e. The molecular weight excluding hydrogens is 397 g/mol. The molecule has 142 valence electrons. The van der Waals surface area contributed by atoms with Gasteiger partial charge in [0, 0.05) is 16.5 Å². The molecule has 4 aromatic rings. The number of rotatable bonds is 1. The van der Waals surface area contributed by atoms with Crippen LogP contribution in [0.15, 0.2) is 78.9 Å². The molecule has 0 aromatic heterocycles. The molecule has 0 fully saturated rings. The molecule has 3 atom stereocenters. The molecule has 1 heterocycles. The highest BCUT2D eigenvalue weighted by Crippen LogP contribution is 2.55. The van der Waals surface area contributed by atoms with Crippen LogP contribution in [-0.2, 0) is 0 Å². The van der Waals surface area contributed by atoms with Crippen molar-refractivity contribution < 1.29 is 0 Å². The first-order valence-corrected chi connectivity index (χ1v) is 10.8. The molecule has 0 amide bonds. The van der Waals surface area contributed by atoms with Crippen LogP contribution >= 0.6 is 23.2 Å². The Balaban J connectivity index is 1.66. The van der Waals surface area contributed by atoms with Gasteiger partial charge in [0.2, 0.25) is 0 Å². The Kier molecular flexibility index (Phi) is 3.91. The number of halogens is 2. The summed E-state index contributed by atoms with van der Waals surface area (Å²) in [5.41, 5.74) is 3.48. The Labute approximate surface area is 179 Å². The molecule has 0 saturated carbocycles. The molecule has 0 bridgehead atoms. The quantitative estimate of drug-likeness (QED) is 0.244. The monoisotopic (exact) mass is 415 g/mol. The molecule has 1 nitrogen and oxygen atoms in total. The SMILES string of the molecule is Clc1ccc(Cl)c2c1NC(c1c3ccccc3cc3ccccc13)C1CC=CC21. The molecule has 4 aromatic carbocycles. The molecule has 0 spiro atoms. The summed E-state index contributed by atoms with van der Waals surface area (Å²) in [5.74, 6) is 0.688. The first-order chi connectivity index (χ1) is 14.2. The summed E-state index contributed by atoms with van der Waals surface area (Å²) in [4.78, 5) is 0. The highest BCUT2D eigenvalue weighted by molar-refractivity contribution is 6.36. The van der Waals surface area contributed by atoms with Crippen molar-refractivity contribution in [3.05, 3.63) is 100 Å². The zero-order chi connectivity index (χ0) is 19.5. The van der Waals surface area contributed by atoms with E-state index < -0.39 is 0 Å². The molecular formula is C26H19Cl2N. The third kappa shape index (κ3) is 2.54. The molecule has 6 rings (SSSR count). The smallest absolute Gasteiger partial charge is 0.0641 e. The maximum Gasteiger partial charge on any atom is 0.0641 e. The summed E-state index contributed by atoms with van der Waals surface area (Å²) in [6.07, 6.45) is 5.64. The average Bonchev–Trinajstić information content (AvgIpc) is 3.24. The predicted molar refractivity (Wildman–Crippen MR) is 124 cm³/mol. The number of benzene rings is 4. The number of nitrogens with one attached hydrogen (secondary N) is 1. The van der Waals surface area contributed by atoms with Crippen LogP contribution in [0.25, 0.3) is 21.5 Å². The second kappa shape index (κ2) is 6.52. The van der Waals surface area contributed by atoms with Gasteiger partial charge in [-0.1, -0.05) is 83.9 Å². The molecule has 3 heteroatoms. The van der Waals surface area contributed by atoms with Gasteiger partial charge < -0.3 is 5.32 Å². The molecule has 0 radical (unpaired) electrons. The number of allylic oxidation sites excluding steroid dienone is 2. The van der Waals surface area contributed by atoms with Gasteiger partial charge in [-0.05, 0) is 57.6 Å². The Bertz CT molecular complexity index is 1250. The van der Waals surface area contributed by atoms with Gasteiger partial charge in [0.25, 0.3) is 0 Å². The van der Waals surface area contributed by atoms with E-state index in [0.717, 1.165) is 27.7 Å². The fourth-order valence-electron chi connectivity index (χ4n) is 5.30. The van der Waals surface area contributed by atoms with Crippen molar-refractivity contribution >= 4 is 50.4 Å². The van der Waals surface area contributed by atoms with E-state index in [9.17, 15) is 0 Å². The van der Waals surface area contributed by atoms with E-state index in [-0.39, 0.29) is 12.0 Å². The molecule has 2 aliphatic rings. The lowest BCUT2D eigenvalue weighted by Gasteiger charge is -2.39. The topological polar surface area (TPSA) is 12.0 Å². The first kappa shape index (κ1) is 17.4. The maximum atomic E-state index is 6.65. The van der Waals surface area contributed by atoms with Crippen LogP contribution in [0.2, 0.25) is 10.0 Å². The van der Waals surface area contributed by atoms with Crippen molar-refractivity contribution in [2.45, 2.75) is 18.4 Å². The standard InChI is InChI=1S/C26H19Cl2N/c27-21-12-13-22(28)26-24(21)19-10-5-11-20(19)25(29-26)23-17-8-3-1-6-15(17)14-16-7-2-4-9-18(16)23/h1-10,12-14,19-20,25,29H,11H2. The zero-order valence-electron chi connectivity index (χ0n) is 15.7. The van der Waals surface area contributed by atoms with E-state index >= 15 is 0 Å². The van der Waals surface area contributed by atoms with Crippen LogP contribution in [0.3, 0.4) is 0 Å². The lowest BCUT2D eigenvalue weighted by Crippen LogP contribution is -2.30. The zero-order valence-corrected chi connectivity index (χ0v) is 17.2. The molecule has 1 aliphatic carbocycles. The highest BCUT2D eigenvalue weighted by Gasteiger charge is 2.40. The third-order valence-electron chi connectivity index (χ3n) is 6.54. The summed E-state index contributed by atoms with van der Waals surface area (Å²) in [7, 11) is 0. The minimum Gasteiger partial charge on any atom is -0.376 e. The van der Waals surface area contributed by atoms with Crippen molar-refractivity contribution in [1.29, 1.82) is 0 Å². The number of hydrogen-bond acceptors (Lipinski definition) is 1. The van der Waals surface area contributed by atoms with Gasteiger partial charge >= 0.3 is 0 Å². The van der Waals surface area contributed by atoms with Gasteiger partial charge in [-0.25, -0.2) is 0 Å². The van der Waals surface area contributed by atoms with E-state index in [1.807, 2.05) is 12.1 Å². The van der Waals surface area contributed by atoms with Crippen LogP contribution in [0.1, 0.15) is 29.5 Å². The Morgan fingerprint density at radius 2 is 1.41 bits per heavy atom. The van der Waals surface area contributed by atoms with E-state index in [0.29, 0.717) is 5.92 Å². The molecule has 1 N–H and O–H groups in total. The van der Waals surface area contributed by atoms with E-state index in [4.69, 9.17) is 23.2 Å². The van der Waals surface area contributed by atoms with Gasteiger partial charge in [-0.2, -0.15) is 0 Å². The Hall–Kier alpha value is -2.48. The molecule has 0 saturated heterocycles. The van der Waals surface area contributed by atoms with Crippen LogP contribution < -0.4 is 5.32 Å². The summed E-state index contributed by atoms with van der Waals surface area (Å²) in [6, 6.07) is 23.6. The van der Waals surface area contributed by atoms with Crippen molar-refractivity contribution in [3.63, 3.8) is 0 Å². The minimum absolute atomic E-state index is 0.162. The molecule has 3 unspecified atom stereocenters. The summed E-state index contributed by atoms with van der Waals surface area (Å²) in [6.45, 7) is 0. The molecule has 29 heavy (non-hydrogen) atoms. The number of hydrogen-bond donors (Lipinski definition) is 1. The number of anilines is 1.